The molecule has 0 radical (unpaired) electrons. The molecule has 6 nitrogen and oxygen atoms in total. The van der Waals surface area contributed by atoms with Crippen LogP contribution in [0.15, 0.2) is 4.52 Å². The second kappa shape index (κ2) is 7.54. The largest absolute Gasteiger partial charge is 0.469 e. The van der Waals surface area contributed by atoms with Crippen LogP contribution in [0.2, 0.25) is 0 Å². The zero-order valence-electron chi connectivity index (χ0n) is 13.0. The summed E-state index contributed by atoms with van der Waals surface area (Å²) in [6, 6.07) is 0. The number of hydrogen-bond acceptors (Lipinski definition) is 6. The summed E-state index contributed by atoms with van der Waals surface area (Å²) in [5.74, 6) is 1.68. The van der Waals surface area contributed by atoms with Crippen LogP contribution in [-0.4, -0.2) is 29.3 Å². The standard InChI is InChI=1S/C15H24N2O4/c1-10(2)8-13-16-14(21-17-13)9-20-12-6-4-11(5-7-12)15(18)19-3/h10-12H,4-9H2,1-3H3. The highest BCUT2D eigenvalue weighted by Crippen LogP contribution is 2.27. The number of rotatable bonds is 6. The van der Waals surface area contributed by atoms with Gasteiger partial charge in [0.25, 0.3) is 5.89 Å². The molecule has 0 spiro atoms. The minimum Gasteiger partial charge on any atom is -0.469 e. The monoisotopic (exact) mass is 296 g/mol. The minimum absolute atomic E-state index is 0.0240. The van der Waals surface area contributed by atoms with Crippen molar-refractivity contribution in [2.45, 2.75) is 58.7 Å². The molecule has 0 unspecified atom stereocenters. The number of nitrogens with zero attached hydrogens (tertiary/aromatic N) is 2. The van der Waals surface area contributed by atoms with E-state index in [9.17, 15) is 4.79 Å². The van der Waals surface area contributed by atoms with Gasteiger partial charge in [-0.1, -0.05) is 19.0 Å². The van der Waals surface area contributed by atoms with Gasteiger partial charge < -0.3 is 14.0 Å². The van der Waals surface area contributed by atoms with Crippen LogP contribution in [0.1, 0.15) is 51.2 Å². The van der Waals surface area contributed by atoms with E-state index in [4.69, 9.17) is 14.0 Å². The number of methoxy groups -OCH3 is 1. The van der Waals surface area contributed by atoms with Gasteiger partial charge in [-0.15, -0.1) is 0 Å². The lowest BCUT2D eigenvalue weighted by Crippen LogP contribution is -2.26. The molecule has 0 bridgehead atoms. The van der Waals surface area contributed by atoms with Gasteiger partial charge in [0.15, 0.2) is 5.82 Å². The Labute approximate surface area is 125 Å². The first kappa shape index (κ1) is 15.9. The third kappa shape index (κ3) is 4.81. The van der Waals surface area contributed by atoms with Crippen LogP contribution in [-0.2, 0) is 27.3 Å². The number of ether oxygens (including phenoxy) is 2. The predicted octanol–water partition coefficient (Wildman–Crippen LogP) is 2.52. The molecule has 1 fully saturated rings. The molecule has 0 atom stereocenters. The van der Waals surface area contributed by atoms with Gasteiger partial charge in [-0.05, 0) is 31.6 Å². The molecular formula is C15H24N2O4. The second-order valence-electron chi connectivity index (χ2n) is 6.01. The molecule has 0 aliphatic heterocycles. The maximum atomic E-state index is 11.4. The highest BCUT2D eigenvalue weighted by molar-refractivity contribution is 5.72. The number of esters is 1. The first-order chi connectivity index (χ1) is 10.1. The van der Waals surface area contributed by atoms with Crippen molar-refractivity contribution in [3.8, 4) is 0 Å². The maximum absolute atomic E-state index is 11.4. The summed E-state index contributed by atoms with van der Waals surface area (Å²) in [6.45, 7) is 4.58. The first-order valence-corrected chi connectivity index (χ1v) is 7.59. The van der Waals surface area contributed by atoms with Gasteiger partial charge in [0.2, 0.25) is 0 Å². The summed E-state index contributed by atoms with van der Waals surface area (Å²) in [6.07, 6.45) is 4.35. The molecule has 1 saturated carbocycles. The van der Waals surface area contributed by atoms with Gasteiger partial charge in [-0.25, -0.2) is 0 Å². The third-order valence-electron chi connectivity index (χ3n) is 3.75. The van der Waals surface area contributed by atoms with Gasteiger partial charge >= 0.3 is 5.97 Å². The number of hydrogen-bond donors (Lipinski definition) is 0. The zero-order chi connectivity index (χ0) is 15.2. The van der Waals surface area contributed by atoms with Crippen molar-refractivity contribution in [3.63, 3.8) is 0 Å². The lowest BCUT2D eigenvalue weighted by molar-refractivity contribution is -0.147. The fourth-order valence-electron chi connectivity index (χ4n) is 2.62. The lowest BCUT2D eigenvalue weighted by atomic mass is 9.87. The second-order valence-corrected chi connectivity index (χ2v) is 6.01. The van der Waals surface area contributed by atoms with Crippen molar-refractivity contribution in [3.05, 3.63) is 11.7 Å². The molecule has 21 heavy (non-hydrogen) atoms. The number of carbonyl (C=O) groups is 1. The summed E-state index contributed by atoms with van der Waals surface area (Å²) >= 11 is 0. The molecule has 0 N–H and O–H groups in total. The van der Waals surface area contributed by atoms with Gasteiger partial charge in [-0.3, -0.25) is 4.79 Å². The molecule has 1 aliphatic carbocycles. The normalized spacial score (nSPS) is 22.5. The number of aromatic nitrogens is 2. The predicted molar refractivity (Wildman–Crippen MR) is 75.4 cm³/mol. The highest BCUT2D eigenvalue weighted by atomic mass is 16.5. The van der Waals surface area contributed by atoms with Gasteiger partial charge in [0.1, 0.15) is 6.61 Å². The summed E-state index contributed by atoms with van der Waals surface area (Å²) < 4.78 is 15.7. The zero-order valence-corrected chi connectivity index (χ0v) is 13.0. The molecule has 1 heterocycles. The van der Waals surface area contributed by atoms with E-state index in [-0.39, 0.29) is 18.0 Å². The van der Waals surface area contributed by atoms with E-state index in [2.05, 4.69) is 24.0 Å². The van der Waals surface area contributed by atoms with E-state index in [1.807, 2.05) is 0 Å². The summed E-state index contributed by atoms with van der Waals surface area (Å²) in [7, 11) is 1.44. The fraction of sp³-hybridized carbons (Fsp3) is 0.800. The van der Waals surface area contributed by atoms with Crippen LogP contribution in [0.25, 0.3) is 0 Å². The van der Waals surface area contributed by atoms with Crippen molar-refractivity contribution >= 4 is 5.97 Å². The van der Waals surface area contributed by atoms with Crippen LogP contribution in [0.3, 0.4) is 0 Å². The van der Waals surface area contributed by atoms with E-state index < -0.39 is 0 Å². The summed E-state index contributed by atoms with van der Waals surface area (Å²) in [4.78, 5) is 15.8. The Morgan fingerprint density at radius 3 is 2.67 bits per heavy atom. The van der Waals surface area contributed by atoms with E-state index in [1.165, 1.54) is 7.11 Å². The Bertz CT molecular complexity index is 450. The Balaban J connectivity index is 1.72. The molecule has 1 aliphatic rings. The van der Waals surface area contributed by atoms with Crippen LogP contribution < -0.4 is 0 Å². The first-order valence-electron chi connectivity index (χ1n) is 7.59. The molecule has 118 valence electrons. The van der Waals surface area contributed by atoms with Gasteiger partial charge in [-0.2, -0.15) is 4.98 Å². The Morgan fingerprint density at radius 2 is 2.05 bits per heavy atom. The average molecular weight is 296 g/mol. The topological polar surface area (TPSA) is 74.5 Å². The number of carbonyl (C=O) groups excluding carboxylic acids is 1. The minimum atomic E-state index is -0.108. The summed E-state index contributed by atoms with van der Waals surface area (Å²) in [5.41, 5.74) is 0. The van der Waals surface area contributed by atoms with Crippen LogP contribution in [0, 0.1) is 11.8 Å². The van der Waals surface area contributed by atoms with Gasteiger partial charge in [0, 0.05) is 6.42 Å². The Morgan fingerprint density at radius 1 is 1.33 bits per heavy atom. The molecule has 2 rings (SSSR count). The van der Waals surface area contributed by atoms with Crippen molar-refractivity contribution < 1.29 is 18.8 Å². The van der Waals surface area contributed by atoms with Crippen molar-refractivity contribution in [1.82, 2.24) is 10.1 Å². The van der Waals surface area contributed by atoms with Crippen molar-refractivity contribution in [2.75, 3.05) is 7.11 Å². The van der Waals surface area contributed by atoms with E-state index in [0.29, 0.717) is 18.4 Å². The third-order valence-corrected chi connectivity index (χ3v) is 3.75. The van der Waals surface area contributed by atoms with Gasteiger partial charge in [0.05, 0.1) is 19.1 Å². The SMILES string of the molecule is COC(=O)C1CCC(OCc2nc(CC(C)C)no2)CC1. The molecule has 1 aromatic heterocycles. The van der Waals surface area contributed by atoms with E-state index in [0.717, 1.165) is 37.9 Å². The molecule has 0 amide bonds. The van der Waals surface area contributed by atoms with E-state index >= 15 is 0 Å². The van der Waals surface area contributed by atoms with Crippen LogP contribution in [0.5, 0.6) is 0 Å². The lowest BCUT2D eigenvalue weighted by Gasteiger charge is -2.26. The van der Waals surface area contributed by atoms with Crippen molar-refractivity contribution in [1.29, 1.82) is 0 Å². The highest BCUT2D eigenvalue weighted by Gasteiger charge is 2.27. The summed E-state index contributed by atoms with van der Waals surface area (Å²) in [5, 5.41) is 3.94. The average Bonchev–Trinajstić information content (AvgIpc) is 2.91. The van der Waals surface area contributed by atoms with E-state index in [1.54, 1.807) is 0 Å². The quantitative estimate of drug-likeness (QED) is 0.751. The van der Waals surface area contributed by atoms with Crippen molar-refractivity contribution in [2.24, 2.45) is 11.8 Å². The van der Waals surface area contributed by atoms with Crippen LogP contribution in [0.4, 0.5) is 0 Å². The molecule has 0 saturated heterocycles. The molecule has 1 aromatic rings. The molecular weight excluding hydrogens is 272 g/mol. The molecule has 0 aromatic carbocycles. The fourth-order valence-corrected chi connectivity index (χ4v) is 2.62. The maximum Gasteiger partial charge on any atom is 0.308 e. The molecule has 6 heteroatoms. The smallest absolute Gasteiger partial charge is 0.308 e. The van der Waals surface area contributed by atoms with Crippen LogP contribution >= 0.6 is 0 Å². The Hall–Kier alpha value is -1.43. The Kier molecular flexibility index (Phi) is 5.73.